The molecule has 0 unspecified atom stereocenters. The van der Waals surface area contributed by atoms with Crippen LogP contribution in [-0.2, 0) is 15.6 Å². The van der Waals surface area contributed by atoms with E-state index in [0.29, 0.717) is 10.6 Å². The van der Waals surface area contributed by atoms with Crippen LogP contribution in [0.5, 0.6) is 0 Å². The second kappa shape index (κ2) is 4.64. The van der Waals surface area contributed by atoms with Crippen LogP contribution in [0.1, 0.15) is 4.88 Å². The van der Waals surface area contributed by atoms with E-state index in [2.05, 4.69) is 4.98 Å². The van der Waals surface area contributed by atoms with Crippen molar-refractivity contribution in [3.63, 3.8) is 0 Å². The third-order valence-electron chi connectivity index (χ3n) is 2.11. The van der Waals surface area contributed by atoms with Gasteiger partial charge in [-0.1, -0.05) is 11.6 Å². The highest BCUT2D eigenvalue weighted by Crippen LogP contribution is 2.27. The van der Waals surface area contributed by atoms with E-state index < -0.39 is 9.84 Å². The Hall–Kier alpha value is -1.11. The van der Waals surface area contributed by atoms with E-state index in [4.69, 9.17) is 17.3 Å². The van der Waals surface area contributed by atoms with Crippen LogP contribution < -0.4 is 5.73 Å². The minimum Gasteiger partial charge on any atom is -0.399 e. The molecule has 0 amide bonds. The van der Waals surface area contributed by atoms with Gasteiger partial charge in [0.05, 0.1) is 21.2 Å². The van der Waals surface area contributed by atoms with Crippen molar-refractivity contribution in [3.8, 4) is 0 Å². The number of anilines is 1. The van der Waals surface area contributed by atoms with Gasteiger partial charge in [-0.2, -0.15) is 0 Å². The van der Waals surface area contributed by atoms with Crippen LogP contribution in [0.25, 0.3) is 0 Å². The summed E-state index contributed by atoms with van der Waals surface area (Å²) in [5.41, 5.74) is 7.55. The molecule has 1 heterocycles. The van der Waals surface area contributed by atoms with Gasteiger partial charge in [0.1, 0.15) is 0 Å². The first-order chi connectivity index (χ1) is 7.99. The van der Waals surface area contributed by atoms with Crippen molar-refractivity contribution in [1.29, 1.82) is 0 Å². The van der Waals surface area contributed by atoms with Crippen molar-refractivity contribution in [2.45, 2.75) is 10.6 Å². The molecule has 17 heavy (non-hydrogen) atoms. The number of rotatable bonds is 3. The first-order valence-electron chi connectivity index (χ1n) is 4.64. The first-order valence-corrected chi connectivity index (χ1v) is 7.55. The van der Waals surface area contributed by atoms with Gasteiger partial charge in [0.25, 0.3) is 0 Å². The van der Waals surface area contributed by atoms with Gasteiger partial charge in [-0.3, -0.25) is 4.98 Å². The average Bonchev–Trinajstić information content (AvgIpc) is 2.68. The first kappa shape index (κ1) is 12.3. The number of benzene rings is 1. The minimum atomic E-state index is -3.45. The second-order valence-electron chi connectivity index (χ2n) is 3.42. The molecule has 2 aromatic rings. The van der Waals surface area contributed by atoms with Gasteiger partial charge in [-0.05, 0) is 18.2 Å². The molecule has 90 valence electrons. The van der Waals surface area contributed by atoms with Gasteiger partial charge in [0, 0.05) is 16.8 Å². The molecule has 0 aliphatic carbocycles. The van der Waals surface area contributed by atoms with Crippen LogP contribution >= 0.6 is 22.9 Å². The van der Waals surface area contributed by atoms with Crippen LogP contribution in [-0.4, -0.2) is 13.4 Å². The monoisotopic (exact) mass is 288 g/mol. The van der Waals surface area contributed by atoms with Gasteiger partial charge in [0.15, 0.2) is 9.84 Å². The molecule has 4 nitrogen and oxygen atoms in total. The van der Waals surface area contributed by atoms with Crippen molar-refractivity contribution >= 4 is 38.5 Å². The van der Waals surface area contributed by atoms with Crippen molar-refractivity contribution in [2.24, 2.45) is 0 Å². The fourth-order valence-corrected chi connectivity index (χ4v) is 4.24. The predicted molar refractivity (Wildman–Crippen MR) is 68.9 cm³/mol. The number of thiazole rings is 1. The predicted octanol–water partition coefficient (Wildman–Crippen LogP) is 2.35. The zero-order chi connectivity index (χ0) is 12.5. The van der Waals surface area contributed by atoms with Crippen LogP contribution in [0.15, 0.2) is 34.8 Å². The number of halogens is 1. The SMILES string of the molecule is Nc1ccc(S(=O)(=O)Cc2cncs2)c(Cl)c1. The lowest BCUT2D eigenvalue weighted by Gasteiger charge is -2.05. The van der Waals surface area contributed by atoms with E-state index in [1.165, 1.54) is 35.7 Å². The van der Waals surface area contributed by atoms with Gasteiger partial charge in [-0.15, -0.1) is 11.3 Å². The number of hydrogen-bond donors (Lipinski definition) is 1. The van der Waals surface area contributed by atoms with Crippen molar-refractivity contribution in [3.05, 3.63) is 39.8 Å². The molecule has 0 aliphatic rings. The molecular formula is C10H9ClN2O2S2. The topological polar surface area (TPSA) is 73.1 Å². The largest absolute Gasteiger partial charge is 0.399 e. The second-order valence-corrected chi connectivity index (χ2v) is 6.75. The number of sulfone groups is 1. The molecule has 1 aromatic heterocycles. The number of nitrogens with zero attached hydrogens (tertiary/aromatic N) is 1. The van der Waals surface area contributed by atoms with E-state index in [0.717, 1.165) is 0 Å². The molecule has 0 radical (unpaired) electrons. The lowest BCUT2D eigenvalue weighted by atomic mass is 10.3. The third kappa shape index (κ3) is 2.77. The standard InChI is InChI=1S/C10H9ClN2O2S2/c11-9-3-7(12)1-2-10(9)17(14,15)5-8-4-13-6-16-8/h1-4,6H,5,12H2. The van der Waals surface area contributed by atoms with Crippen molar-refractivity contribution < 1.29 is 8.42 Å². The maximum Gasteiger partial charge on any atom is 0.184 e. The molecule has 0 saturated carbocycles. The summed E-state index contributed by atoms with van der Waals surface area (Å²) in [4.78, 5) is 4.62. The van der Waals surface area contributed by atoms with Gasteiger partial charge >= 0.3 is 0 Å². The highest BCUT2D eigenvalue weighted by Gasteiger charge is 2.19. The van der Waals surface area contributed by atoms with Crippen molar-refractivity contribution in [1.82, 2.24) is 4.98 Å². The van der Waals surface area contributed by atoms with Gasteiger partial charge in [-0.25, -0.2) is 8.42 Å². The molecule has 7 heteroatoms. The summed E-state index contributed by atoms with van der Waals surface area (Å²) in [5, 5.41) is 0.148. The van der Waals surface area contributed by atoms with Crippen molar-refractivity contribution in [2.75, 3.05) is 5.73 Å². The summed E-state index contributed by atoms with van der Waals surface area (Å²) >= 11 is 7.18. The molecule has 0 aliphatic heterocycles. The summed E-state index contributed by atoms with van der Waals surface area (Å²) in [6.07, 6.45) is 1.54. The Labute approximate surface area is 108 Å². The molecule has 0 atom stereocenters. The fourth-order valence-electron chi connectivity index (χ4n) is 1.35. The molecule has 2 N–H and O–H groups in total. The maximum absolute atomic E-state index is 12.1. The molecule has 1 aromatic carbocycles. The lowest BCUT2D eigenvalue weighted by Crippen LogP contribution is -2.05. The number of nitrogen functional groups attached to an aromatic ring is 1. The summed E-state index contributed by atoms with van der Waals surface area (Å²) < 4.78 is 24.2. The van der Waals surface area contributed by atoms with E-state index in [1.54, 1.807) is 5.51 Å². The van der Waals surface area contributed by atoms with Gasteiger partial charge < -0.3 is 5.73 Å². The molecule has 0 bridgehead atoms. The molecule has 0 fully saturated rings. The fraction of sp³-hybridized carbons (Fsp3) is 0.100. The summed E-state index contributed by atoms with van der Waals surface area (Å²) in [5.74, 6) is -0.0959. The Balaban J connectivity index is 2.38. The van der Waals surface area contributed by atoms with E-state index in [9.17, 15) is 8.42 Å². The molecule has 2 rings (SSSR count). The average molecular weight is 289 g/mol. The molecule has 0 saturated heterocycles. The maximum atomic E-state index is 12.1. The third-order valence-corrected chi connectivity index (χ3v) is 5.21. The summed E-state index contributed by atoms with van der Waals surface area (Å²) in [6, 6.07) is 4.38. The Bertz CT molecular complexity index is 624. The quantitative estimate of drug-likeness (QED) is 0.880. The highest BCUT2D eigenvalue weighted by molar-refractivity contribution is 7.90. The van der Waals surface area contributed by atoms with E-state index in [1.807, 2.05) is 0 Å². The van der Waals surface area contributed by atoms with E-state index in [-0.39, 0.29) is 15.7 Å². The van der Waals surface area contributed by atoms with Crippen LogP contribution in [0.2, 0.25) is 5.02 Å². The van der Waals surface area contributed by atoms with Crippen LogP contribution in [0.4, 0.5) is 5.69 Å². The number of aromatic nitrogens is 1. The zero-order valence-corrected chi connectivity index (χ0v) is 11.0. The Morgan fingerprint density at radius 3 is 2.76 bits per heavy atom. The smallest absolute Gasteiger partial charge is 0.184 e. The molecular weight excluding hydrogens is 280 g/mol. The Morgan fingerprint density at radius 2 is 2.18 bits per heavy atom. The zero-order valence-electron chi connectivity index (χ0n) is 8.63. The minimum absolute atomic E-state index is 0.0959. The highest BCUT2D eigenvalue weighted by atomic mass is 35.5. The van der Waals surface area contributed by atoms with Gasteiger partial charge in [0.2, 0.25) is 0 Å². The molecule has 0 spiro atoms. The number of hydrogen-bond acceptors (Lipinski definition) is 5. The Morgan fingerprint density at radius 1 is 1.41 bits per heavy atom. The Kier molecular flexibility index (Phi) is 3.37. The lowest BCUT2D eigenvalue weighted by molar-refractivity contribution is 0.595. The van der Waals surface area contributed by atoms with Crippen LogP contribution in [0.3, 0.4) is 0 Å². The van der Waals surface area contributed by atoms with E-state index >= 15 is 0 Å². The summed E-state index contributed by atoms with van der Waals surface area (Å²) in [6.45, 7) is 0. The number of nitrogens with two attached hydrogens (primary N) is 1. The normalized spacial score (nSPS) is 11.6. The van der Waals surface area contributed by atoms with Crippen LogP contribution in [0, 0.1) is 0 Å². The summed E-state index contributed by atoms with van der Waals surface area (Å²) in [7, 11) is -3.45.